The van der Waals surface area contributed by atoms with Crippen LogP contribution in [0.15, 0.2) is 40.9 Å². The highest BCUT2D eigenvalue weighted by Crippen LogP contribution is 2.35. The minimum Gasteiger partial charge on any atom is -0.461 e. The zero-order valence-electron chi connectivity index (χ0n) is 15.7. The Morgan fingerprint density at radius 3 is 2.86 bits per heavy atom. The quantitative estimate of drug-likeness (QED) is 0.742. The molecule has 6 nitrogen and oxygen atoms in total. The molecule has 2 aliphatic rings. The van der Waals surface area contributed by atoms with E-state index in [4.69, 9.17) is 4.42 Å². The van der Waals surface area contributed by atoms with Gasteiger partial charge in [-0.2, -0.15) is 0 Å². The standard InChI is InChI=1S/C22H21N3O3/c1-13-10-16-11-15(2-3-19(16)28-13)22(27)25-8-5-14(6-9-25)17-4-7-23-21-18(17)12-20(26)24-21/h2-4,7,10-11,14H,5-6,8-9,12H2,1H3,(H,23,24,26). The molecular weight excluding hydrogens is 354 g/mol. The van der Waals surface area contributed by atoms with E-state index < -0.39 is 0 Å². The number of hydrogen-bond acceptors (Lipinski definition) is 4. The van der Waals surface area contributed by atoms with E-state index in [1.807, 2.05) is 42.2 Å². The second-order valence-electron chi connectivity index (χ2n) is 7.63. The van der Waals surface area contributed by atoms with Gasteiger partial charge in [-0.3, -0.25) is 9.59 Å². The lowest BCUT2D eigenvalue weighted by Crippen LogP contribution is -2.38. The van der Waals surface area contributed by atoms with Crippen molar-refractivity contribution in [2.75, 3.05) is 18.4 Å². The fraction of sp³-hybridized carbons (Fsp3) is 0.318. The third-order valence-corrected chi connectivity index (χ3v) is 5.80. The molecule has 5 rings (SSSR count). The summed E-state index contributed by atoms with van der Waals surface area (Å²) in [6.07, 6.45) is 3.95. The van der Waals surface area contributed by atoms with E-state index in [9.17, 15) is 9.59 Å². The summed E-state index contributed by atoms with van der Waals surface area (Å²) < 4.78 is 5.60. The molecule has 0 bridgehead atoms. The molecule has 1 N–H and O–H groups in total. The first-order valence-electron chi connectivity index (χ1n) is 9.65. The number of furan rings is 1. The second-order valence-corrected chi connectivity index (χ2v) is 7.63. The minimum absolute atomic E-state index is 0.00689. The van der Waals surface area contributed by atoms with Gasteiger partial charge in [0.15, 0.2) is 0 Å². The molecule has 2 aliphatic heterocycles. The fourth-order valence-corrected chi connectivity index (χ4v) is 4.41. The Balaban J connectivity index is 1.31. The number of pyridine rings is 1. The number of piperidine rings is 1. The summed E-state index contributed by atoms with van der Waals surface area (Å²) in [4.78, 5) is 30.9. The third-order valence-electron chi connectivity index (χ3n) is 5.80. The van der Waals surface area contributed by atoms with Gasteiger partial charge in [-0.15, -0.1) is 0 Å². The van der Waals surface area contributed by atoms with Crippen LogP contribution in [0.3, 0.4) is 0 Å². The average molecular weight is 375 g/mol. The molecule has 0 spiro atoms. The van der Waals surface area contributed by atoms with Crippen molar-refractivity contribution >= 4 is 28.6 Å². The number of rotatable bonds is 2. The molecule has 0 aliphatic carbocycles. The lowest BCUT2D eigenvalue weighted by atomic mass is 9.86. The lowest BCUT2D eigenvalue weighted by molar-refractivity contribution is -0.115. The molecule has 2 aromatic heterocycles. The summed E-state index contributed by atoms with van der Waals surface area (Å²) in [6.45, 7) is 3.33. The van der Waals surface area contributed by atoms with Crippen molar-refractivity contribution in [1.82, 2.24) is 9.88 Å². The third kappa shape index (κ3) is 2.85. The SMILES string of the molecule is Cc1cc2cc(C(=O)N3CCC(c4ccnc5c4CC(=O)N5)CC3)ccc2o1. The number of fused-ring (bicyclic) bond motifs is 2. The van der Waals surface area contributed by atoms with E-state index in [0.717, 1.165) is 35.1 Å². The van der Waals surface area contributed by atoms with E-state index in [1.165, 1.54) is 5.56 Å². The first-order valence-corrected chi connectivity index (χ1v) is 9.65. The van der Waals surface area contributed by atoms with Crippen molar-refractivity contribution in [2.24, 2.45) is 0 Å². The summed E-state index contributed by atoms with van der Waals surface area (Å²) in [5, 5.41) is 3.78. The van der Waals surface area contributed by atoms with Gasteiger partial charge in [0, 0.05) is 35.8 Å². The summed E-state index contributed by atoms with van der Waals surface area (Å²) in [5.74, 6) is 1.97. The number of nitrogens with one attached hydrogen (secondary N) is 1. The molecular formula is C22H21N3O3. The number of benzene rings is 1. The number of aromatic nitrogens is 1. The monoisotopic (exact) mass is 375 g/mol. The highest BCUT2D eigenvalue weighted by atomic mass is 16.3. The average Bonchev–Trinajstić information content (AvgIpc) is 3.27. The zero-order chi connectivity index (χ0) is 19.3. The summed E-state index contributed by atoms with van der Waals surface area (Å²) >= 11 is 0. The molecule has 0 radical (unpaired) electrons. The van der Waals surface area contributed by atoms with Gasteiger partial charge < -0.3 is 14.6 Å². The van der Waals surface area contributed by atoms with E-state index in [-0.39, 0.29) is 11.8 Å². The highest BCUT2D eigenvalue weighted by molar-refractivity contribution is 5.99. The number of hydrogen-bond donors (Lipinski definition) is 1. The van der Waals surface area contributed by atoms with E-state index in [1.54, 1.807) is 6.20 Å². The van der Waals surface area contributed by atoms with Gasteiger partial charge >= 0.3 is 0 Å². The number of carbonyl (C=O) groups excluding carboxylic acids is 2. The normalized spacial score (nSPS) is 17.0. The van der Waals surface area contributed by atoms with E-state index >= 15 is 0 Å². The number of likely N-dealkylation sites (tertiary alicyclic amines) is 1. The second kappa shape index (κ2) is 6.48. The molecule has 1 fully saturated rings. The molecule has 0 saturated carbocycles. The maximum absolute atomic E-state index is 13.0. The van der Waals surface area contributed by atoms with Gasteiger partial charge in [0.1, 0.15) is 17.2 Å². The van der Waals surface area contributed by atoms with Crippen molar-refractivity contribution in [2.45, 2.75) is 32.1 Å². The first kappa shape index (κ1) is 17.0. The number of carbonyl (C=O) groups is 2. The number of anilines is 1. The van der Waals surface area contributed by atoms with Crippen LogP contribution in [0.4, 0.5) is 5.82 Å². The fourth-order valence-electron chi connectivity index (χ4n) is 4.41. The Hall–Kier alpha value is -3.15. The lowest BCUT2D eigenvalue weighted by Gasteiger charge is -2.33. The minimum atomic E-state index is 0.00689. The predicted octanol–water partition coefficient (Wildman–Crippen LogP) is 3.65. The van der Waals surface area contributed by atoms with E-state index in [2.05, 4.69) is 10.3 Å². The Kier molecular flexibility index (Phi) is 3.93. The molecule has 142 valence electrons. The van der Waals surface area contributed by atoms with Crippen molar-refractivity contribution in [3.05, 3.63) is 59.0 Å². The predicted molar refractivity (Wildman–Crippen MR) is 105 cm³/mol. The van der Waals surface area contributed by atoms with Gasteiger partial charge in [0.2, 0.25) is 5.91 Å². The van der Waals surface area contributed by atoms with Crippen molar-refractivity contribution in [1.29, 1.82) is 0 Å². The van der Waals surface area contributed by atoms with Crippen LogP contribution in [0.1, 0.15) is 46.0 Å². The van der Waals surface area contributed by atoms with Gasteiger partial charge in [0.25, 0.3) is 5.91 Å². The van der Waals surface area contributed by atoms with Crippen LogP contribution < -0.4 is 5.32 Å². The molecule has 6 heteroatoms. The molecule has 28 heavy (non-hydrogen) atoms. The Labute approximate surface area is 162 Å². The summed E-state index contributed by atoms with van der Waals surface area (Å²) in [5.41, 5.74) is 3.73. The summed E-state index contributed by atoms with van der Waals surface area (Å²) in [7, 11) is 0. The van der Waals surface area contributed by atoms with Gasteiger partial charge in [0.05, 0.1) is 6.42 Å². The topological polar surface area (TPSA) is 75.4 Å². The van der Waals surface area contributed by atoms with Crippen LogP contribution in [-0.4, -0.2) is 34.8 Å². The molecule has 1 saturated heterocycles. The van der Waals surface area contributed by atoms with Crippen LogP contribution in [0.25, 0.3) is 11.0 Å². The maximum Gasteiger partial charge on any atom is 0.253 e. The Bertz CT molecular complexity index is 1090. The smallest absolute Gasteiger partial charge is 0.253 e. The molecule has 1 aromatic carbocycles. The first-order chi connectivity index (χ1) is 13.6. The van der Waals surface area contributed by atoms with Crippen molar-refractivity contribution in [3.63, 3.8) is 0 Å². The van der Waals surface area contributed by atoms with Crippen molar-refractivity contribution < 1.29 is 14.0 Å². The number of aryl methyl sites for hydroxylation is 1. The zero-order valence-corrected chi connectivity index (χ0v) is 15.7. The van der Waals surface area contributed by atoms with Crippen LogP contribution in [0, 0.1) is 6.92 Å². The highest BCUT2D eigenvalue weighted by Gasteiger charge is 2.29. The number of nitrogens with zero attached hydrogens (tertiary/aromatic N) is 2. The maximum atomic E-state index is 13.0. The summed E-state index contributed by atoms with van der Waals surface area (Å²) in [6, 6.07) is 9.60. The van der Waals surface area contributed by atoms with Crippen LogP contribution >= 0.6 is 0 Å². The molecule has 2 amide bonds. The molecule has 0 atom stereocenters. The Morgan fingerprint density at radius 1 is 1.21 bits per heavy atom. The van der Waals surface area contributed by atoms with Crippen LogP contribution in [0.5, 0.6) is 0 Å². The van der Waals surface area contributed by atoms with Gasteiger partial charge in [-0.25, -0.2) is 4.98 Å². The van der Waals surface area contributed by atoms with E-state index in [0.29, 0.717) is 36.8 Å². The van der Waals surface area contributed by atoms with Gasteiger partial charge in [-0.05, 0) is 61.6 Å². The van der Waals surface area contributed by atoms with Crippen LogP contribution in [-0.2, 0) is 11.2 Å². The van der Waals surface area contributed by atoms with Crippen molar-refractivity contribution in [3.8, 4) is 0 Å². The largest absolute Gasteiger partial charge is 0.461 e. The van der Waals surface area contributed by atoms with Gasteiger partial charge in [-0.1, -0.05) is 0 Å². The molecule has 0 unspecified atom stereocenters. The molecule has 4 heterocycles. The Morgan fingerprint density at radius 2 is 2.04 bits per heavy atom. The molecule has 3 aromatic rings. The number of amides is 2. The van der Waals surface area contributed by atoms with Crippen LogP contribution in [0.2, 0.25) is 0 Å².